The molecule has 5 heteroatoms. The third-order valence-electron chi connectivity index (χ3n) is 4.26. The molecule has 2 aromatic carbocycles. The molecule has 1 unspecified atom stereocenters. The van der Waals surface area contributed by atoms with Gasteiger partial charge in [-0.05, 0) is 55.7 Å². The summed E-state index contributed by atoms with van der Waals surface area (Å²) in [7, 11) is 0. The van der Waals surface area contributed by atoms with Gasteiger partial charge in [-0.3, -0.25) is 9.59 Å². The molecular formula is C19H21N3O2. The van der Waals surface area contributed by atoms with Crippen LogP contribution < -0.4 is 16.0 Å². The van der Waals surface area contributed by atoms with Gasteiger partial charge in [-0.15, -0.1) is 0 Å². The van der Waals surface area contributed by atoms with Crippen LogP contribution in [0.5, 0.6) is 0 Å². The van der Waals surface area contributed by atoms with Crippen LogP contribution in [0.4, 0.5) is 17.1 Å². The number of carbonyl (C=O) groups excluding carboxylic acids is 2. The quantitative estimate of drug-likeness (QED) is 0.673. The van der Waals surface area contributed by atoms with Crippen LogP contribution in [0.2, 0.25) is 0 Å². The van der Waals surface area contributed by atoms with Crippen molar-refractivity contribution in [3.05, 3.63) is 53.6 Å². The number of carbonyl (C=O) groups is 2. The van der Waals surface area contributed by atoms with Crippen molar-refractivity contribution in [1.82, 2.24) is 0 Å². The van der Waals surface area contributed by atoms with E-state index in [2.05, 4.69) is 11.4 Å². The van der Waals surface area contributed by atoms with Gasteiger partial charge in [-0.2, -0.15) is 0 Å². The largest absolute Gasteiger partial charge is 0.397 e. The van der Waals surface area contributed by atoms with Gasteiger partial charge in [0.25, 0.3) is 0 Å². The van der Waals surface area contributed by atoms with E-state index in [1.807, 2.05) is 26.0 Å². The third kappa shape index (κ3) is 3.11. The summed E-state index contributed by atoms with van der Waals surface area (Å²) < 4.78 is 0. The highest BCUT2D eigenvalue weighted by atomic mass is 16.2. The van der Waals surface area contributed by atoms with Gasteiger partial charge in [-0.25, -0.2) is 0 Å². The summed E-state index contributed by atoms with van der Waals surface area (Å²) >= 11 is 0. The fourth-order valence-electron chi connectivity index (χ4n) is 3.12. The number of nitrogens with two attached hydrogens (primary N) is 1. The van der Waals surface area contributed by atoms with Crippen molar-refractivity contribution in [2.24, 2.45) is 5.92 Å². The fraction of sp³-hybridized carbons (Fsp3) is 0.263. The van der Waals surface area contributed by atoms with Gasteiger partial charge in [0.15, 0.2) is 0 Å². The summed E-state index contributed by atoms with van der Waals surface area (Å²) in [4.78, 5) is 26.8. The second kappa shape index (κ2) is 6.35. The van der Waals surface area contributed by atoms with E-state index in [0.717, 1.165) is 16.8 Å². The molecule has 2 aromatic rings. The maximum Gasteiger partial charge on any atom is 0.239 e. The topological polar surface area (TPSA) is 75.4 Å². The molecule has 3 rings (SSSR count). The molecule has 2 amide bonds. The maximum atomic E-state index is 12.7. The van der Waals surface area contributed by atoms with E-state index in [0.29, 0.717) is 24.3 Å². The molecule has 0 aromatic heterocycles. The molecule has 0 aliphatic carbocycles. The molecule has 1 fully saturated rings. The Balaban J connectivity index is 1.76. The van der Waals surface area contributed by atoms with Crippen LogP contribution in [0.3, 0.4) is 0 Å². The zero-order valence-electron chi connectivity index (χ0n) is 13.9. The zero-order chi connectivity index (χ0) is 17.3. The number of anilines is 3. The number of rotatable bonds is 3. The molecule has 0 bridgehead atoms. The number of para-hydroxylation sites is 2. The van der Waals surface area contributed by atoms with E-state index in [4.69, 9.17) is 5.73 Å². The van der Waals surface area contributed by atoms with Crippen molar-refractivity contribution < 1.29 is 9.59 Å². The Morgan fingerprint density at radius 3 is 2.50 bits per heavy atom. The lowest BCUT2D eigenvalue weighted by atomic mass is 10.1. The minimum atomic E-state index is -0.676. The fourth-order valence-corrected chi connectivity index (χ4v) is 3.12. The van der Waals surface area contributed by atoms with Crippen LogP contribution in [0.25, 0.3) is 0 Å². The first kappa shape index (κ1) is 16.1. The molecule has 1 saturated heterocycles. The lowest BCUT2D eigenvalue weighted by Gasteiger charge is -2.18. The second-order valence-corrected chi connectivity index (χ2v) is 6.25. The summed E-state index contributed by atoms with van der Waals surface area (Å²) in [5, 5.41) is 2.77. The van der Waals surface area contributed by atoms with Crippen molar-refractivity contribution >= 4 is 28.9 Å². The van der Waals surface area contributed by atoms with Crippen LogP contribution in [0, 0.1) is 19.8 Å². The van der Waals surface area contributed by atoms with Crippen molar-refractivity contribution in [3.8, 4) is 0 Å². The number of nitrogens with zero attached hydrogens (tertiary/aromatic N) is 1. The summed E-state index contributed by atoms with van der Waals surface area (Å²) in [6, 6.07) is 13.0. The Labute approximate surface area is 141 Å². The van der Waals surface area contributed by atoms with E-state index in [1.165, 1.54) is 0 Å². The first-order chi connectivity index (χ1) is 11.5. The van der Waals surface area contributed by atoms with Gasteiger partial charge in [0.05, 0.1) is 11.4 Å². The molecule has 24 heavy (non-hydrogen) atoms. The van der Waals surface area contributed by atoms with E-state index in [-0.39, 0.29) is 11.8 Å². The van der Waals surface area contributed by atoms with Gasteiger partial charge >= 0.3 is 0 Å². The molecule has 1 aliphatic heterocycles. The summed E-state index contributed by atoms with van der Waals surface area (Å²) in [5.41, 5.74) is 9.93. The van der Waals surface area contributed by atoms with Crippen LogP contribution in [0.1, 0.15) is 17.5 Å². The van der Waals surface area contributed by atoms with Crippen LogP contribution in [0.15, 0.2) is 42.5 Å². The van der Waals surface area contributed by atoms with E-state index in [9.17, 15) is 9.59 Å². The Morgan fingerprint density at radius 1 is 1.17 bits per heavy atom. The molecule has 5 nitrogen and oxygen atoms in total. The number of benzene rings is 2. The molecule has 0 spiro atoms. The SMILES string of the molecule is Cc1cc(C)cc(N2CCC(C(=O)Nc3ccccc3N)C2=O)c1. The maximum absolute atomic E-state index is 12.7. The van der Waals surface area contributed by atoms with Gasteiger partial charge in [0.2, 0.25) is 11.8 Å². The average Bonchev–Trinajstić information content (AvgIpc) is 2.90. The average molecular weight is 323 g/mol. The Bertz CT molecular complexity index is 781. The highest BCUT2D eigenvalue weighted by Crippen LogP contribution is 2.28. The van der Waals surface area contributed by atoms with Gasteiger partial charge in [-0.1, -0.05) is 18.2 Å². The van der Waals surface area contributed by atoms with Gasteiger partial charge < -0.3 is 16.0 Å². The van der Waals surface area contributed by atoms with Crippen LogP contribution >= 0.6 is 0 Å². The molecule has 1 atom stereocenters. The lowest BCUT2D eigenvalue weighted by molar-refractivity contribution is -0.129. The predicted octanol–water partition coefficient (Wildman–Crippen LogP) is 2.88. The number of hydrogen-bond acceptors (Lipinski definition) is 3. The highest BCUT2D eigenvalue weighted by Gasteiger charge is 2.37. The molecule has 0 saturated carbocycles. The highest BCUT2D eigenvalue weighted by molar-refractivity contribution is 6.13. The van der Waals surface area contributed by atoms with Crippen LogP contribution in [-0.2, 0) is 9.59 Å². The summed E-state index contributed by atoms with van der Waals surface area (Å²) in [6.07, 6.45) is 0.504. The van der Waals surface area contributed by atoms with Crippen molar-refractivity contribution in [1.29, 1.82) is 0 Å². The molecule has 1 aliphatic rings. The smallest absolute Gasteiger partial charge is 0.239 e. The number of nitrogen functional groups attached to an aromatic ring is 1. The first-order valence-electron chi connectivity index (χ1n) is 8.01. The summed E-state index contributed by atoms with van der Waals surface area (Å²) in [5.74, 6) is -1.14. The van der Waals surface area contributed by atoms with E-state index < -0.39 is 5.92 Å². The summed E-state index contributed by atoms with van der Waals surface area (Å²) in [6.45, 7) is 4.54. The molecule has 3 N–H and O–H groups in total. The standard InChI is InChI=1S/C19H21N3O2/c1-12-9-13(2)11-14(10-12)22-8-7-15(19(22)24)18(23)21-17-6-4-3-5-16(17)20/h3-6,9-11,15H,7-8,20H2,1-2H3,(H,21,23). The second-order valence-electron chi connectivity index (χ2n) is 6.25. The first-order valence-corrected chi connectivity index (χ1v) is 8.01. The zero-order valence-corrected chi connectivity index (χ0v) is 13.9. The lowest BCUT2D eigenvalue weighted by Crippen LogP contribution is -2.33. The monoisotopic (exact) mass is 323 g/mol. The van der Waals surface area contributed by atoms with Gasteiger partial charge in [0, 0.05) is 12.2 Å². The van der Waals surface area contributed by atoms with Crippen molar-refractivity contribution in [2.75, 3.05) is 22.5 Å². The molecule has 124 valence electrons. The minimum absolute atomic E-state index is 0.160. The Kier molecular flexibility index (Phi) is 4.25. The minimum Gasteiger partial charge on any atom is -0.397 e. The molecular weight excluding hydrogens is 302 g/mol. The molecule has 0 radical (unpaired) electrons. The van der Waals surface area contributed by atoms with Crippen molar-refractivity contribution in [3.63, 3.8) is 0 Å². The van der Waals surface area contributed by atoms with E-state index in [1.54, 1.807) is 29.2 Å². The third-order valence-corrected chi connectivity index (χ3v) is 4.26. The van der Waals surface area contributed by atoms with Gasteiger partial charge in [0.1, 0.15) is 5.92 Å². The normalized spacial score (nSPS) is 17.2. The van der Waals surface area contributed by atoms with Crippen LogP contribution in [-0.4, -0.2) is 18.4 Å². The van der Waals surface area contributed by atoms with E-state index >= 15 is 0 Å². The number of amides is 2. The number of nitrogens with one attached hydrogen (secondary N) is 1. The predicted molar refractivity (Wildman–Crippen MR) is 95.9 cm³/mol. The molecule has 1 heterocycles. The van der Waals surface area contributed by atoms with Crippen molar-refractivity contribution in [2.45, 2.75) is 20.3 Å². The Hall–Kier alpha value is -2.82. The number of aryl methyl sites for hydroxylation is 2. The number of hydrogen-bond donors (Lipinski definition) is 2. The Morgan fingerprint density at radius 2 is 1.83 bits per heavy atom.